The van der Waals surface area contributed by atoms with Crippen molar-refractivity contribution >= 4 is 5.91 Å². The number of hydrogen-bond acceptors (Lipinski definition) is 4. The molecule has 0 aliphatic carbocycles. The molecule has 0 saturated heterocycles. The van der Waals surface area contributed by atoms with E-state index in [1.165, 1.54) is 0 Å². The van der Waals surface area contributed by atoms with E-state index in [9.17, 15) is 4.79 Å². The van der Waals surface area contributed by atoms with Gasteiger partial charge in [0.05, 0.1) is 6.61 Å². The first-order valence-corrected chi connectivity index (χ1v) is 4.56. The van der Waals surface area contributed by atoms with E-state index in [-0.39, 0.29) is 5.91 Å². The van der Waals surface area contributed by atoms with Crippen LogP contribution < -0.4 is 16.5 Å². The fourth-order valence-electron chi connectivity index (χ4n) is 0.954. The molecule has 1 aliphatic rings. The molecule has 5 nitrogen and oxygen atoms in total. The summed E-state index contributed by atoms with van der Waals surface area (Å²) in [4.78, 5) is 16.3. The molecule has 0 fully saturated rings. The van der Waals surface area contributed by atoms with Crippen LogP contribution in [-0.2, 0) is 9.63 Å². The molecule has 5 heteroatoms. The largest absolute Gasteiger partial charge is 0.387 e. The van der Waals surface area contributed by atoms with Gasteiger partial charge in [0.15, 0.2) is 0 Å². The standard InChI is InChI=1S/C9H15N3O2/c10-4-2-6-14-12-9(13)8-3-1-5-11-7-8/h1,3,5,11H,2,4,6-7,10H2,(H,12,13). The second kappa shape index (κ2) is 6.17. The van der Waals surface area contributed by atoms with Crippen molar-refractivity contribution in [3.63, 3.8) is 0 Å². The number of nitrogens with one attached hydrogen (secondary N) is 2. The van der Waals surface area contributed by atoms with Crippen molar-refractivity contribution in [2.45, 2.75) is 6.42 Å². The van der Waals surface area contributed by atoms with Crippen LogP contribution in [0.15, 0.2) is 23.9 Å². The third-order valence-corrected chi connectivity index (χ3v) is 1.71. The Morgan fingerprint density at radius 3 is 3.21 bits per heavy atom. The lowest BCUT2D eigenvalue weighted by Crippen LogP contribution is -2.30. The maximum Gasteiger partial charge on any atom is 0.272 e. The Kier molecular flexibility index (Phi) is 4.74. The minimum atomic E-state index is -0.209. The molecule has 0 unspecified atom stereocenters. The summed E-state index contributed by atoms with van der Waals surface area (Å²) in [6.07, 6.45) is 6.04. The Morgan fingerprint density at radius 1 is 1.71 bits per heavy atom. The maximum absolute atomic E-state index is 11.4. The van der Waals surface area contributed by atoms with E-state index >= 15 is 0 Å². The zero-order chi connectivity index (χ0) is 10.2. The minimum absolute atomic E-state index is 0.209. The van der Waals surface area contributed by atoms with Crippen LogP contribution in [-0.4, -0.2) is 25.6 Å². The quantitative estimate of drug-likeness (QED) is 0.407. The smallest absolute Gasteiger partial charge is 0.272 e. The average Bonchev–Trinajstić information content (AvgIpc) is 2.25. The number of amides is 1. The lowest BCUT2D eigenvalue weighted by atomic mass is 10.2. The first-order valence-electron chi connectivity index (χ1n) is 4.56. The van der Waals surface area contributed by atoms with Crippen LogP contribution in [0.2, 0.25) is 0 Å². The Labute approximate surface area is 82.9 Å². The topological polar surface area (TPSA) is 76.4 Å². The van der Waals surface area contributed by atoms with Gasteiger partial charge in [-0.2, -0.15) is 0 Å². The Morgan fingerprint density at radius 2 is 2.57 bits per heavy atom. The highest BCUT2D eigenvalue weighted by Crippen LogP contribution is 1.97. The second-order valence-electron chi connectivity index (χ2n) is 2.85. The number of hydroxylamine groups is 1. The lowest BCUT2D eigenvalue weighted by molar-refractivity contribution is -0.129. The minimum Gasteiger partial charge on any atom is -0.387 e. The van der Waals surface area contributed by atoms with Crippen molar-refractivity contribution in [3.05, 3.63) is 23.9 Å². The summed E-state index contributed by atoms with van der Waals surface area (Å²) in [7, 11) is 0. The summed E-state index contributed by atoms with van der Waals surface area (Å²) in [5, 5.41) is 2.93. The van der Waals surface area contributed by atoms with Gasteiger partial charge in [0.25, 0.3) is 5.91 Å². The second-order valence-corrected chi connectivity index (χ2v) is 2.85. The molecule has 0 saturated carbocycles. The Hall–Kier alpha value is -1.33. The Bertz CT molecular complexity index is 248. The number of hydrogen-bond donors (Lipinski definition) is 3. The average molecular weight is 197 g/mol. The van der Waals surface area contributed by atoms with Gasteiger partial charge in [0, 0.05) is 12.1 Å². The van der Waals surface area contributed by atoms with Crippen molar-refractivity contribution in [2.75, 3.05) is 19.7 Å². The fourth-order valence-corrected chi connectivity index (χ4v) is 0.954. The monoisotopic (exact) mass is 197 g/mol. The lowest BCUT2D eigenvalue weighted by Gasteiger charge is -2.10. The molecule has 1 heterocycles. The molecule has 0 aromatic carbocycles. The first-order chi connectivity index (χ1) is 6.84. The third-order valence-electron chi connectivity index (χ3n) is 1.71. The summed E-state index contributed by atoms with van der Waals surface area (Å²) >= 11 is 0. The van der Waals surface area contributed by atoms with Crippen molar-refractivity contribution in [3.8, 4) is 0 Å². The number of carbonyl (C=O) groups is 1. The molecule has 1 aliphatic heterocycles. The van der Waals surface area contributed by atoms with Gasteiger partial charge >= 0.3 is 0 Å². The zero-order valence-electron chi connectivity index (χ0n) is 7.95. The molecule has 14 heavy (non-hydrogen) atoms. The van der Waals surface area contributed by atoms with Gasteiger partial charge in [-0.25, -0.2) is 5.48 Å². The third kappa shape index (κ3) is 3.59. The highest BCUT2D eigenvalue weighted by molar-refractivity contribution is 5.93. The summed E-state index contributed by atoms with van der Waals surface area (Å²) in [6, 6.07) is 0. The van der Waals surface area contributed by atoms with Crippen LogP contribution in [0.3, 0.4) is 0 Å². The van der Waals surface area contributed by atoms with Crippen molar-refractivity contribution in [2.24, 2.45) is 5.73 Å². The predicted octanol–water partition coefficient (Wildman–Crippen LogP) is -0.574. The van der Waals surface area contributed by atoms with Gasteiger partial charge in [0.2, 0.25) is 0 Å². The van der Waals surface area contributed by atoms with Gasteiger partial charge in [-0.15, -0.1) is 0 Å². The summed E-state index contributed by atoms with van der Waals surface area (Å²) in [6.45, 7) is 1.53. The number of nitrogens with two attached hydrogens (primary N) is 1. The van der Waals surface area contributed by atoms with Crippen molar-refractivity contribution in [1.82, 2.24) is 10.8 Å². The van der Waals surface area contributed by atoms with Crippen molar-refractivity contribution in [1.29, 1.82) is 0 Å². The van der Waals surface area contributed by atoms with Gasteiger partial charge in [-0.3, -0.25) is 9.63 Å². The zero-order valence-corrected chi connectivity index (χ0v) is 7.95. The molecule has 1 rings (SSSR count). The van der Waals surface area contributed by atoms with Crippen LogP contribution in [0, 0.1) is 0 Å². The van der Waals surface area contributed by atoms with Crippen molar-refractivity contribution < 1.29 is 9.63 Å². The van der Waals surface area contributed by atoms with Gasteiger partial charge in [-0.05, 0) is 25.2 Å². The molecule has 0 atom stereocenters. The van der Waals surface area contributed by atoms with E-state index in [1.54, 1.807) is 18.4 Å². The normalized spacial score (nSPS) is 14.5. The molecular weight excluding hydrogens is 182 g/mol. The SMILES string of the molecule is NCCCONC(=O)C1=CC=CNC1. The van der Waals surface area contributed by atoms with Gasteiger partial charge in [0.1, 0.15) is 0 Å². The van der Waals surface area contributed by atoms with Gasteiger partial charge < -0.3 is 11.1 Å². The predicted molar refractivity (Wildman–Crippen MR) is 53.0 cm³/mol. The molecule has 0 radical (unpaired) electrons. The molecule has 0 bridgehead atoms. The van der Waals surface area contributed by atoms with Crippen LogP contribution in [0.4, 0.5) is 0 Å². The number of carbonyl (C=O) groups excluding carboxylic acids is 1. The van der Waals surface area contributed by atoms with E-state index in [0.717, 1.165) is 6.42 Å². The molecule has 0 aromatic rings. The number of dihydropyridines is 1. The molecule has 4 N–H and O–H groups in total. The van der Waals surface area contributed by atoms with E-state index < -0.39 is 0 Å². The molecule has 78 valence electrons. The van der Waals surface area contributed by atoms with E-state index in [0.29, 0.717) is 25.3 Å². The summed E-state index contributed by atoms with van der Waals surface area (Å²) in [5.74, 6) is -0.209. The van der Waals surface area contributed by atoms with Crippen LogP contribution in [0.25, 0.3) is 0 Å². The van der Waals surface area contributed by atoms with Crippen LogP contribution in [0.1, 0.15) is 6.42 Å². The number of allylic oxidation sites excluding steroid dienone is 2. The van der Waals surface area contributed by atoms with E-state index in [4.69, 9.17) is 10.6 Å². The maximum atomic E-state index is 11.4. The highest BCUT2D eigenvalue weighted by atomic mass is 16.6. The van der Waals surface area contributed by atoms with Crippen LogP contribution in [0.5, 0.6) is 0 Å². The first kappa shape index (κ1) is 10.7. The number of rotatable bonds is 5. The van der Waals surface area contributed by atoms with Gasteiger partial charge in [-0.1, -0.05) is 6.08 Å². The molecule has 0 spiro atoms. The fraction of sp³-hybridized carbons (Fsp3) is 0.444. The van der Waals surface area contributed by atoms with Crippen LogP contribution >= 0.6 is 0 Å². The molecule has 1 amide bonds. The summed E-state index contributed by atoms with van der Waals surface area (Å²) < 4.78 is 0. The summed E-state index contributed by atoms with van der Waals surface area (Å²) in [5.41, 5.74) is 8.27. The van der Waals surface area contributed by atoms with E-state index in [1.807, 2.05) is 0 Å². The Balaban J connectivity index is 2.21. The highest BCUT2D eigenvalue weighted by Gasteiger charge is 2.08. The molecular formula is C9H15N3O2. The van der Waals surface area contributed by atoms with E-state index in [2.05, 4.69) is 10.8 Å². The molecule has 0 aromatic heterocycles.